The minimum absolute atomic E-state index is 0.0306. The minimum Gasteiger partial charge on any atom is -0.466 e. The van der Waals surface area contributed by atoms with Gasteiger partial charge in [-0.2, -0.15) is 0 Å². The van der Waals surface area contributed by atoms with Crippen molar-refractivity contribution >= 4 is 34.6 Å². The summed E-state index contributed by atoms with van der Waals surface area (Å²) in [5, 5.41) is 0.737. The summed E-state index contributed by atoms with van der Waals surface area (Å²) >= 11 is 6.48. The Kier molecular flexibility index (Phi) is 5.74. The van der Waals surface area contributed by atoms with Crippen molar-refractivity contribution in [2.75, 3.05) is 24.6 Å². The van der Waals surface area contributed by atoms with Crippen LogP contribution in [0.15, 0.2) is 30.3 Å². The van der Waals surface area contributed by atoms with Gasteiger partial charge in [-0.05, 0) is 81.5 Å². The number of fused-ring (bicyclic) bond motifs is 1. The Labute approximate surface area is 182 Å². The lowest BCUT2D eigenvalue weighted by Crippen LogP contribution is -2.38. The fourth-order valence-electron chi connectivity index (χ4n) is 4.31. The van der Waals surface area contributed by atoms with E-state index in [1.807, 2.05) is 26.0 Å². The number of aryl methyl sites for hydroxylation is 3. The number of nitrogens with zero attached hydrogens (tertiary/aromatic N) is 3. The molecule has 158 valence electrons. The van der Waals surface area contributed by atoms with E-state index in [0.717, 1.165) is 59.2 Å². The molecule has 5 nitrogen and oxygen atoms in total. The summed E-state index contributed by atoms with van der Waals surface area (Å²) in [6.45, 7) is 10.0. The number of anilines is 1. The molecule has 3 aromatic rings. The average Bonchev–Trinajstić information content (AvgIpc) is 3.06. The molecule has 30 heavy (non-hydrogen) atoms. The van der Waals surface area contributed by atoms with Crippen LogP contribution in [0.25, 0.3) is 16.7 Å². The van der Waals surface area contributed by atoms with Crippen LogP contribution in [0.3, 0.4) is 0 Å². The molecule has 6 heteroatoms. The highest BCUT2D eigenvalue weighted by Gasteiger charge is 2.29. The lowest BCUT2D eigenvalue weighted by atomic mass is 9.97. The lowest BCUT2D eigenvalue weighted by Gasteiger charge is -2.32. The van der Waals surface area contributed by atoms with Crippen molar-refractivity contribution in [3.05, 3.63) is 52.0 Å². The normalized spacial score (nSPS) is 15.0. The maximum absolute atomic E-state index is 12.1. The summed E-state index contributed by atoms with van der Waals surface area (Å²) in [4.78, 5) is 19.4. The highest BCUT2D eigenvalue weighted by molar-refractivity contribution is 6.32. The second-order valence-corrected chi connectivity index (χ2v) is 8.60. The molecule has 0 saturated carbocycles. The number of benzene rings is 2. The lowest BCUT2D eigenvalue weighted by molar-refractivity contribution is -0.148. The number of carbonyl (C=O) groups is 1. The van der Waals surface area contributed by atoms with Crippen LogP contribution in [0.5, 0.6) is 0 Å². The first-order valence-electron chi connectivity index (χ1n) is 10.6. The van der Waals surface area contributed by atoms with Crippen molar-refractivity contribution in [2.45, 2.75) is 40.5 Å². The number of imidazole rings is 1. The molecule has 0 spiro atoms. The van der Waals surface area contributed by atoms with Gasteiger partial charge < -0.3 is 9.64 Å². The summed E-state index contributed by atoms with van der Waals surface area (Å²) in [5.74, 6) is 0.790. The molecule has 1 aliphatic heterocycles. The number of aromatic nitrogens is 2. The third-order valence-electron chi connectivity index (χ3n) is 5.78. The Hall–Kier alpha value is -2.53. The third-order valence-corrected chi connectivity index (χ3v) is 6.19. The molecular weight excluding hydrogens is 398 g/mol. The van der Waals surface area contributed by atoms with Crippen LogP contribution in [-0.2, 0) is 9.53 Å². The molecule has 2 heterocycles. The summed E-state index contributed by atoms with van der Waals surface area (Å²) in [7, 11) is 0. The predicted octanol–water partition coefficient (Wildman–Crippen LogP) is 5.38. The van der Waals surface area contributed by atoms with Gasteiger partial charge in [-0.15, -0.1) is 0 Å². The molecule has 0 unspecified atom stereocenters. The molecule has 0 radical (unpaired) electrons. The highest BCUT2D eigenvalue weighted by atomic mass is 35.5. The zero-order chi connectivity index (χ0) is 21.4. The van der Waals surface area contributed by atoms with E-state index in [2.05, 4.69) is 41.5 Å². The van der Waals surface area contributed by atoms with Crippen LogP contribution in [0.1, 0.15) is 36.5 Å². The zero-order valence-corrected chi connectivity index (χ0v) is 18.8. The number of rotatable bonds is 4. The Morgan fingerprint density at radius 3 is 2.40 bits per heavy atom. The summed E-state index contributed by atoms with van der Waals surface area (Å²) in [6.07, 6.45) is 1.54. The quantitative estimate of drug-likeness (QED) is 0.526. The molecule has 1 aromatic heterocycles. The molecule has 1 fully saturated rings. The average molecular weight is 426 g/mol. The van der Waals surface area contributed by atoms with Crippen LogP contribution in [0.2, 0.25) is 5.02 Å². The van der Waals surface area contributed by atoms with E-state index < -0.39 is 0 Å². The van der Waals surface area contributed by atoms with Gasteiger partial charge in [0.25, 0.3) is 0 Å². The van der Waals surface area contributed by atoms with Gasteiger partial charge in [0.15, 0.2) is 0 Å². The number of esters is 1. The number of hydrogen-bond donors (Lipinski definition) is 0. The van der Waals surface area contributed by atoms with Crippen molar-refractivity contribution in [1.29, 1.82) is 0 Å². The first kappa shape index (κ1) is 20.7. The van der Waals surface area contributed by atoms with Gasteiger partial charge >= 0.3 is 5.97 Å². The van der Waals surface area contributed by atoms with Crippen LogP contribution in [0.4, 0.5) is 5.95 Å². The van der Waals surface area contributed by atoms with E-state index in [0.29, 0.717) is 6.61 Å². The van der Waals surface area contributed by atoms with Gasteiger partial charge in [-0.1, -0.05) is 17.7 Å². The highest BCUT2D eigenvalue weighted by Crippen LogP contribution is 2.33. The second kappa shape index (κ2) is 8.31. The predicted molar refractivity (Wildman–Crippen MR) is 122 cm³/mol. The monoisotopic (exact) mass is 425 g/mol. The van der Waals surface area contributed by atoms with E-state index in [-0.39, 0.29) is 11.9 Å². The molecule has 1 saturated heterocycles. The van der Waals surface area contributed by atoms with E-state index >= 15 is 0 Å². The fourth-order valence-corrected chi connectivity index (χ4v) is 4.47. The van der Waals surface area contributed by atoms with E-state index in [9.17, 15) is 4.79 Å². The summed E-state index contributed by atoms with van der Waals surface area (Å²) in [6, 6.07) is 10.6. The van der Waals surface area contributed by atoms with Crippen LogP contribution in [-0.4, -0.2) is 35.2 Å². The van der Waals surface area contributed by atoms with Crippen molar-refractivity contribution in [1.82, 2.24) is 9.55 Å². The number of piperidine rings is 1. The molecule has 0 amide bonds. The van der Waals surface area contributed by atoms with E-state index in [1.54, 1.807) is 0 Å². The van der Waals surface area contributed by atoms with Crippen LogP contribution < -0.4 is 4.90 Å². The molecule has 0 aliphatic carbocycles. The zero-order valence-electron chi connectivity index (χ0n) is 18.0. The summed E-state index contributed by atoms with van der Waals surface area (Å²) in [5.41, 5.74) is 6.44. The Balaban J connectivity index is 1.77. The maximum Gasteiger partial charge on any atom is 0.309 e. The molecule has 0 atom stereocenters. The van der Waals surface area contributed by atoms with Gasteiger partial charge in [-0.3, -0.25) is 9.36 Å². The molecule has 1 aliphatic rings. The summed E-state index contributed by atoms with van der Waals surface area (Å²) < 4.78 is 7.42. The van der Waals surface area contributed by atoms with E-state index in [1.165, 1.54) is 11.1 Å². The smallest absolute Gasteiger partial charge is 0.309 e. The number of carbonyl (C=O) groups excluding carboxylic acids is 1. The standard InChI is InChI=1S/C24H28ClN3O2/c1-5-30-23(29)18-6-8-27(9-7-18)24-26-21-13-17(4)20(25)14-22(21)28(24)19-11-15(2)10-16(3)12-19/h10-14,18H,5-9H2,1-4H3. The topological polar surface area (TPSA) is 47.4 Å². The van der Waals surface area contributed by atoms with Crippen molar-refractivity contribution < 1.29 is 9.53 Å². The fraction of sp³-hybridized carbons (Fsp3) is 0.417. The maximum atomic E-state index is 12.1. The van der Waals surface area contributed by atoms with E-state index in [4.69, 9.17) is 21.3 Å². The van der Waals surface area contributed by atoms with Crippen molar-refractivity contribution in [3.8, 4) is 5.69 Å². The Morgan fingerprint density at radius 1 is 1.10 bits per heavy atom. The minimum atomic E-state index is -0.0811. The largest absolute Gasteiger partial charge is 0.466 e. The number of halogens is 1. The molecule has 0 bridgehead atoms. The van der Waals surface area contributed by atoms with Gasteiger partial charge in [-0.25, -0.2) is 4.98 Å². The first-order valence-corrected chi connectivity index (χ1v) is 10.9. The van der Waals surface area contributed by atoms with Gasteiger partial charge in [0, 0.05) is 23.8 Å². The molecular formula is C24H28ClN3O2. The van der Waals surface area contributed by atoms with Crippen LogP contribution >= 0.6 is 11.6 Å². The third kappa shape index (κ3) is 3.91. The second-order valence-electron chi connectivity index (χ2n) is 8.20. The molecule has 0 N–H and O–H groups in total. The Bertz CT molecular complexity index is 1080. The van der Waals surface area contributed by atoms with Crippen LogP contribution in [0, 0.1) is 26.7 Å². The molecule has 2 aromatic carbocycles. The number of ether oxygens (including phenoxy) is 1. The van der Waals surface area contributed by atoms with Crippen molar-refractivity contribution in [3.63, 3.8) is 0 Å². The first-order chi connectivity index (χ1) is 14.4. The van der Waals surface area contributed by atoms with Gasteiger partial charge in [0.1, 0.15) is 0 Å². The molecule has 4 rings (SSSR count). The number of hydrogen-bond acceptors (Lipinski definition) is 4. The SMILES string of the molecule is CCOC(=O)C1CCN(c2nc3cc(C)c(Cl)cc3n2-c2cc(C)cc(C)c2)CC1. The van der Waals surface area contributed by atoms with Gasteiger partial charge in [0.2, 0.25) is 5.95 Å². The Morgan fingerprint density at radius 2 is 1.77 bits per heavy atom. The van der Waals surface area contributed by atoms with Crippen molar-refractivity contribution in [2.24, 2.45) is 5.92 Å². The van der Waals surface area contributed by atoms with Gasteiger partial charge in [0.05, 0.1) is 23.6 Å².